The Morgan fingerprint density at radius 1 is 1.50 bits per heavy atom. The molecule has 4 nitrogen and oxygen atoms in total. The van der Waals surface area contributed by atoms with Crippen molar-refractivity contribution in [2.75, 3.05) is 12.4 Å². The minimum Gasteiger partial charge on any atom is -0.467 e. The number of para-hydroxylation sites is 1. The van der Waals surface area contributed by atoms with Gasteiger partial charge in [-0.05, 0) is 6.07 Å². The topological polar surface area (TPSA) is 50.7 Å². The Bertz CT molecular complexity index is 387. The third-order valence-electron chi connectivity index (χ3n) is 2.12. The summed E-state index contributed by atoms with van der Waals surface area (Å²) in [5.74, 6) is -0.338. The highest BCUT2D eigenvalue weighted by atomic mass is 16.5. The maximum Gasteiger partial charge on any atom is 0.335 e. The first-order valence-electron chi connectivity index (χ1n) is 4.28. The largest absolute Gasteiger partial charge is 0.467 e. The number of carbonyl (C=O) groups is 1. The van der Waals surface area contributed by atoms with E-state index in [0.29, 0.717) is 0 Å². The second-order valence-electron chi connectivity index (χ2n) is 2.94. The first-order valence-corrected chi connectivity index (χ1v) is 4.28. The Hall–Kier alpha value is -1.84. The highest BCUT2D eigenvalue weighted by molar-refractivity contribution is 5.89. The normalized spacial score (nSPS) is 18.2. The molecule has 1 aromatic carbocycles. The molecule has 1 unspecified atom stereocenters. The lowest BCUT2D eigenvalue weighted by atomic mass is 10.0. The van der Waals surface area contributed by atoms with Gasteiger partial charge in [-0.1, -0.05) is 18.2 Å². The lowest BCUT2D eigenvalue weighted by molar-refractivity contribution is -0.142. The van der Waals surface area contributed by atoms with Gasteiger partial charge in [0.15, 0.2) is 6.04 Å². The van der Waals surface area contributed by atoms with Gasteiger partial charge in [0.2, 0.25) is 0 Å². The molecule has 0 bridgehead atoms. The van der Waals surface area contributed by atoms with Crippen LogP contribution in [0.5, 0.6) is 0 Å². The van der Waals surface area contributed by atoms with E-state index >= 15 is 0 Å². The number of rotatable bonds is 1. The maximum absolute atomic E-state index is 11.4. The molecule has 1 atom stereocenters. The van der Waals surface area contributed by atoms with Crippen molar-refractivity contribution in [2.24, 2.45) is 4.99 Å². The number of hydrogen-bond donors (Lipinski definition) is 1. The van der Waals surface area contributed by atoms with Gasteiger partial charge in [-0.2, -0.15) is 0 Å². The summed E-state index contributed by atoms with van der Waals surface area (Å²) in [4.78, 5) is 15.4. The van der Waals surface area contributed by atoms with Crippen LogP contribution in [0, 0.1) is 0 Å². The van der Waals surface area contributed by atoms with Gasteiger partial charge in [-0.3, -0.25) is 4.99 Å². The van der Waals surface area contributed by atoms with E-state index in [1.165, 1.54) is 13.4 Å². The number of carbonyl (C=O) groups excluding carboxylic acids is 1. The molecule has 0 radical (unpaired) electrons. The van der Waals surface area contributed by atoms with Crippen LogP contribution >= 0.6 is 0 Å². The summed E-state index contributed by atoms with van der Waals surface area (Å²) < 4.78 is 4.67. The molecule has 1 aromatic rings. The molecule has 72 valence electrons. The Balaban J connectivity index is 2.40. The highest BCUT2D eigenvalue weighted by Crippen LogP contribution is 2.28. The molecule has 0 amide bonds. The number of aliphatic imine (C=N–C) groups is 1. The molecule has 1 N–H and O–H groups in total. The van der Waals surface area contributed by atoms with E-state index < -0.39 is 6.04 Å². The van der Waals surface area contributed by atoms with Gasteiger partial charge >= 0.3 is 5.97 Å². The zero-order valence-electron chi connectivity index (χ0n) is 7.73. The summed E-state index contributed by atoms with van der Waals surface area (Å²) in [6.07, 6.45) is 1.52. The summed E-state index contributed by atoms with van der Waals surface area (Å²) in [5, 5.41) is 2.97. The summed E-state index contributed by atoms with van der Waals surface area (Å²) in [6, 6.07) is 7.01. The monoisotopic (exact) mass is 190 g/mol. The maximum atomic E-state index is 11.4. The number of nitrogens with zero attached hydrogens (tertiary/aromatic N) is 1. The van der Waals surface area contributed by atoms with Crippen molar-refractivity contribution in [3.8, 4) is 0 Å². The van der Waals surface area contributed by atoms with Crippen molar-refractivity contribution in [1.29, 1.82) is 0 Å². The zero-order valence-corrected chi connectivity index (χ0v) is 7.73. The molecular formula is C10H10N2O2. The molecule has 0 saturated carbocycles. The van der Waals surface area contributed by atoms with Gasteiger partial charge in [0.25, 0.3) is 0 Å². The number of methoxy groups -OCH3 is 1. The first-order chi connectivity index (χ1) is 6.83. The van der Waals surface area contributed by atoms with Gasteiger partial charge in [0.1, 0.15) is 0 Å². The summed E-state index contributed by atoms with van der Waals surface area (Å²) in [6.45, 7) is 0. The van der Waals surface area contributed by atoms with Gasteiger partial charge in [0.05, 0.1) is 13.4 Å². The van der Waals surface area contributed by atoms with Crippen molar-refractivity contribution in [2.45, 2.75) is 6.04 Å². The van der Waals surface area contributed by atoms with Crippen LogP contribution in [0.4, 0.5) is 5.69 Å². The Kier molecular flexibility index (Phi) is 2.18. The van der Waals surface area contributed by atoms with E-state index in [1.54, 1.807) is 0 Å². The second-order valence-corrected chi connectivity index (χ2v) is 2.94. The van der Waals surface area contributed by atoms with Crippen LogP contribution in [0.2, 0.25) is 0 Å². The van der Waals surface area contributed by atoms with Crippen LogP contribution in [-0.4, -0.2) is 19.4 Å². The van der Waals surface area contributed by atoms with Crippen molar-refractivity contribution in [3.63, 3.8) is 0 Å². The van der Waals surface area contributed by atoms with Crippen LogP contribution in [0.1, 0.15) is 11.6 Å². The summed E-state index contributed by atoms with van der Waals surface area (Å²) >= 11 is 0. The third-order valence-corrected chi connectivity index (χ3v) is 2.12. The van der Waals surface area contributed by atoms with Gasteiger partial charge in [-0.15, -0.1) is 0 Å². The molecular weight excluding hydrogens is 180 g/mol. The fraction of sp³-hybridized carbons (Fsp3) is 0.200. The predicted molar refractivity (Wildman–Crippen MR) is 53.3 cm³/mol. The van der Waals surface area contributed by atoms with E-state index in [0.717, 1.165) is 11.3 Å². The van der Waals surface area contributed by atoms with Gasteiger partial charge in [-0.25, -0.2) is 4.79 Å². The van der Waals surface area contributed by atoms with E-state index in [-0.39, 0.29) is 5.97 Å². The quantitative estimate of drug-likeness (QED) is 0.680. The van der Waals surface area contributed by atoms with Crippen LogP contribution in [0.15, 0.2) is 29.3 Å². The molecule has 4 heteroatoms. The Morgan fingerprint density at radius 2 is 2.29 bits per heavy atom. The van der Waals surface area contributed by atoms with Crippen molar-refractivity contribution >= 4 is 18.0 Å². The molecule has 0 aliphatic carbocycles. The standard InChI is InChI=1S/C10H10N2O2/c1-14-10(13)9-7-4-2-3-5-8(7)11-6-12-9/h2-6,9H,1H3,(H,11,12). The van der Waals surface area contributed by atoms with Crippen LogP contribution in [0.25, 0.3) is 0 Å². The van der Waals surface area contributed by atoms with Crippen LogP contribution in [0.3, 0.4) is 0 Å². The van der Waals surface area contributed by atoms with Crippen LogP contribution < -0.4 is 5.32 Å². The third kappa shape index (κ3) is 1.35. The highest BCUT2D eigenvalue weighted by Gasteiger charge is 2.24. The number of benzene rings is 1. The van der Waals surface area contributed by atoms with Crippen molar-refractivity contribution < 1.29 is 9.53 Å². The molecule has 14 heavy (non-hydrogen) atoms. The average Bonchev–Trinajstić information content (AvgIpc) is 2.27. The molecule has 0 spiro atoms. The zero-order chi connectivity index (χ0) is 9.97. The number of nitrogens with one attached hydrogen (secondary N) is 1. The lowest BCUT2D eigenvalue weighted by Crippen LogP contribution is -2.18. The van der Waals surface area contributed by atoms with E-state index in [2.05, 4.69) is 15.0 Å². The molecule has 1 aliphatic heterocycles. The minimum atomic E-state index is -0.530. The smallest absolute Gasteiger partial charge is 0.335 e. The average molecular weight is 190 g/mol. The van der Waals surface area contributed by atoms with Crippen LogP contribution in [-0.2, 0) is 9.53 Å². The number of esters is 1. The van der Waals surface area contributed by atoms with Gasteiger partial charge < -0.3 is 10.1 Å². The van der Waals surface area contributed by atoms with Crippen molar-refractivity contribution in [1.82, 2.24) is 0 Å². The number of fused-ring (bicyclic) bond motifs is 1. The molecule has 0 fully saturated rings. The van der Waals surface area contributed by atoms with Crippen molar-refractivity contribution in [3.05, 3.63) is 29.8 Å². The first kappa shape index (κ1) is 8.74. The Morgan fingerprint density at radius 3 is 3.07 bits per heavy atom. The number of anilines is 1. The van der Waals surface area contributed by atoms with Gasteiger partial charge in [0, 0.05) is 11.3 Å². The van der Waals surface area contributed by atoms with E-state index in [9.17, 15) is 4.79 Å². The summed E-state index contributed by atoms with van der Waals surface area (Å²) in [5.41, 5.74) is 1.75. The molecule has 1 heterocycles. The fourth-order valence-electron chi connectivity index (χ4n) is 1.43. The number of hydrogen-bond acceptors (Lipinski definition) is 4. The predicted octanol–water partition coefficient (Wildman–Crippen LogP) is 1.35. The minimum absolute atomic E-state index is 0.338. The molecule has 0 saturated heterocycles. The SMILES string of the molecule is COC(=O)C1N=CNc2ccccc21. The van der Waals surface area contributed by atoms with E-state index in [4.69, 9.17) is 0 Å². The lowest BCUT2D eigenvalue weighted by Gasteiger charge is -2.18. The van der Waals surface area contributed by atoms with E-state index in [1.807, 2.05) is 24.3 Å². The molecule has 1 aliphatic rings. The second kappa shape index (κ2) is 3.49. The fourth-order valence-corrected chi connectivity index (χ4v) is 1.43. The molecule has 2 rings (SSSR count). The number of ether oxygens (including phenoxy) is 1. The Labute approximate surface area is 81.6 Å². The summed E-state index contributed by atoms with van der Waals surface area (Å²) in [7, 11) is 1.36. The molecule has 0 aromatic heterocycles.